The van der Waals surface area contributed by atoms with Gasteiger partial charge in [-0.2, -0.15) is 13.2 Å². The van der Waals surface area contributed by atoms with Gasteiger partial charge in [0, 0.05) is 32.2 Å². The van der Waals surface area contributed by atoms with E-state index in [0.29, 0.717) is 17.3 Å². The maximum atomic E-state index is 13.0. The molecule has 0 bridgehead atoms. The van der Waals surface area contributed by atoms with E-state index in [1.54, 1.807) is 18.2 Å². The Morgan fingerprint density at radius 3 is 2.20 bits per heavy atom. The minimum Gasteiger partial charge on any atom is -0.475 e. The van der Waals surface area contributed by atoms with Crippen LogP contribution in [0.2, 0.25) is 0 Å². The summed E-state index contributed by atoms with van der Waals surface area (Å²) in [5.74, 6) is -1.96. The molecule has 4 N–H and O–H groups in total. The van der Waals surface area contributed by atoms with Crippen molar-refractivity contribution in [2.24, 2.45) is 5.92 Å². The van der Waals surface area contributed by atoms with Gasteiger partial charge in [0.25, 0.3) is 15.9 Å². The summed E-state index contributed by atoms with van der Waals surface area (Å²) in [7, 11) is -3.81. The van der Waals surface area contributed by atoms with E-state index in [9.17, 15) is 26.4 Å². The predicted molar refractivity (Wildman–Crippen MR) is 146 cm³/mol. The van der Waals surface area contributed by atoms with Crippen molar-refractivity contribution in [3.05, 3.63) is 47.7 Å². The Hall–Kier alpha value is -3.39. The molecule has 1 aliphatic heterocycles. The molecule has 1 amide bonds. The second-order valence-corrected chi connectivity index (χ2v) is 11.4. The van der Waals surface area contributed by atoms with Crippen LogP contribution in [0, 0.1) is 5.92 Å². The first-order valence-corrected chi connectivity index (χ1v) is 14.3. The molecular weight excluding hydrogens is 551 g/mol. The molecule has 1 aliphatic rings. The summed E-state index contributed by atoms with van der Waals surface area (Å²) >= 11 is 0. The highest BCUT2D eigenvalue weighted by atomic mass is 32.2. The van der Waals surface area contributed by atoms with E-state index < -0.39 is 22.2 Å². The summed E-state index contributed by atoms with van der Waals surface area (Å²) in [6, 6.07) is 8.47. The van der Waals surface area contributed by atoms with Gasteiger partial charge in [-0.15, -0.1) is 0 Å². The molecule has 0 aliphatic carbocycles. The molecule has 0 saturated carbocycles. The highest BCUT2D eigenvalue weighted by molar-refractivity contribution is 7.92. The summed E-state index contributed by atoms with van der Waals surface area (Å²) < 4.78 is 60.3. The number of carboxylic acids is 1. The molecule has 2 heterocycles. The van der Waals surface area contributed by atoms with Crippen molar-refractivity contribution in [3.8, 4) is 0 Å². The van der Waals surface area contributed by atoms with Crippen LogP contribution in [-0.2, 0) is 21.2 Å². The molecule has 1 saturated heterocycles. The average Bonchev–Trinajstić information content (AvgIpc) is 2.88. The van der Waals surface area contributed by atoms with Crippen molar-refractivity contribution in [1.29, 1.82) is 0 Å². The van der Waals surface area contributed by atoms with Crippen molar-refractivity contribution in [3.63, 3.8) is 0 Å². The Balaban J connectivity index is 0.000000708. The van der Waals surface area contributed by atoms with Gasteiger partial charge in [-0.3, -0.25) is 9.52 Å². The number of sulfonamides is 1. The minimum absolute atomic E-state index is 0.00178. The number of hydrogen-bond acceptors (Lipinski definition) is 7. The number of carbonyl (C=O) groups is 2. The number of rotatable bonds is 9. The number of alkyl halides is 3. The normalized spacial score (nSPS) is 14.7. The lowest BCUT2D eigenvalue weighted by atomic mass is 10.0. The molecule has 1 unspecified atom stereocenters. The van der Waals surface area contributed by atoms with E-state index in [4.69, 9.17) is 9.90 Å². The average molecular weight is 588 g/mol. The van der Waals surface area contributed by atoms with Crippen LogP contribution in [0.5, 0.6) is 0 Å². The SMILES string of the molecule is CCC(C)NC(=O)c1cc(NS(=O)(=O)c2ccc(CC(C)C)cc2)cnc1N1CCNCC1.O=C(O)C(F)(F)F. The van der Waals surface area contributed by atoms with Crippen LogP contribution in [0.4, 0.5) is 24.7 Å². The molecule has 2 aromatic rings. The van der Waals surface area contributed by atoms with Gasteiger partial charge in [-0.1, -0.05) is 32.9 Å². The molecule has 222 valence electrons. The van der Waals surface area contributed by atoms with Gasteiger partial charge in [0.15, 0.2) is 0 Å². The van der Waals surface area contributed by atoms with Gasteiger partial charge in [0.1, 0.15) is 5.82 Å². The van der Waals surface area contributed by atoms with E-state index >= 15 is 0 Å². The molecule has 1 atom stereocenters. The first-order chi connectivity index (χ1) is 18.6. The standard InChI is InChI=1S/C24H35N5O3S.C2HF3O2/c1-5-18(4)27-24(30)22-15-20(16-26-23(22)29-12-10-25-11-13-29)28-33(31,32)21-8-6-19(7-9-21)14-17(2)3;3-2(4,5)1(6)7/h6-9,15-18,25,28H,5,10-14H2,1-4H3,(H,27,30);(H,6,7). The van der Waals surface area contributed by atoms with Crippen molar-refractivity contribution in [2.45, 2.75) is 57.7 Å². The molecule has 0 radical (unpaired) electrons. The number of hydrogen-bond donors (Lipinski definition) is 4. The Bertz CT molecular complexity index is 1250. The summed E-state index contributed by atoms with van der Waals surface area (Å²) in [5, 5.41) is 13.4. The summed E-state index contributed by atoms with van der Waals surface area (Å²) in [4.78, 5) is 28.6. The molecule has 1 fully saturated rings. The number of nitrogens with zero attached hydrogens (tertiary/aromatic N) is 2. The summed E-state index contributed by atoms with van der Waals surface area (Å²) in [5.41, 5.74) is 1.72. The van der Waals surface area contributed by atoms with Crippen LogP contribution in [0.3, 0.4) is 0 Å². The maximum Gasteiger partial charge on any atom is 0.490 e. The lowest BCUT2D eigenvalue weighted by molar-refractivity contribution is -0.192. The first kappa shape index (κ1) is 32.8. The number of halogens is 3. The van der Waals surface area contributed by atoms with Gasteiger partial charge in [-0.25, -0.2) is 18.2 Å². The van der Waals surface area contributed by atoms with Gasteiger partial charge < -0.3 is 20.6 Å². The summed E-state index contributed by atoms with van der Waals surface area (Å²) in [6.45, 7) is 11.2. The quantitative estimate of drug-likeness (QED) is 0.349. The Morgan fingerprint density at radius 2 is 1.70 bits per heavy atom. The zero-order valence-electron chi connectivity index (χ0n) is 22.9. The largest absolute Gasteiger partial charge is 0.490 e. The number of pyridine rings is 1. The third kappa shape index (κ3) is 9.97. The second kappa shape index (κ2) is 14.3. The molecule has 1 aromatic heterocycles. The number of aliphatic carboxylic acids is 1. The zero-order chi connectivity index (χ0) is 30.1. The van der Waals surface area contributed by atoms with Crippen LogP contribution < -0.4 is 20.3 Å². The third-order valence-electron chi connectivity index (χ3n) is 5.89. The topological polar surface area (TPSA) is 141 Å². The number of carboxylic acid groups (broad SMARTS) is 1. The fourth-order valence-corrected chi connectivity index (χ4v) is 4.74. The van der Waals surface area contributed by atoms with E-state index in [1.807, 2.05) is 30.9 Å². The second-order valence-electron chi connectivity index (χ2n) is 9.77. The van der Waals surface area contributed by atoms with Crippen molar-refractivity contribution < 1.29 is 36.3 Å². The van der Waals surface area contributed by atoms with Crippen LogP contribution in [0.15, 0.2) is 41.4 Å². The zero-order valence-corrected chi connectivity index (χ0v) is 23.7. The Morgan fingerprint density at radius 1 is 1.12 bits per heavy atom. The molecule has 1 aromatic carbocycles. The smallest absolute Gasteiger partial charge is 0.475 e. The van der Waals surface area contributed by atoms with E-state index in [1.165, 1.54) is 6.20 Å². The van der Waals surface area contributed by atoms with Crippen LogP contribution in [-0.4, -0.2) is 68.8 Å². The molecule has 14 heteroatoms. The number of nitrogens with one attached hydrogen (secondary N) is 3. The molecule has 10 nitrogen and oxygen atoms in total. The number of aromatic nitrogens is 1. The third-order valence-corrected chi connectivity index (χ3v) is 7.29. The number of benzene rings is 1. The molecule has 3 rings (SSSR count). The highest BCUT2D eigenvalue weighted by Crippen LogP contribution is 2.24. The number of amides is 1. The van der Waals surface area contributed by atoms with Gasteiger partial charge in [0.05, 0.1) is 22.3 Å². The van der Waals surface area contributed by atoms with Crippen LogP contribution in [0.1, 0.15) is 50.0 Å². The molecule has 40 heavy (non-hydrogen) atoms. The first-order valence-electron chi connectivity index (χ1n) is 12.8. The van der Waals surface area contributed by atoms with Gasteiger partial charge >= 0.3 is 12.1 Å². The highest BCUT2D eigenvalue weighted by Gasteiger charge is 2.38. The fraction of sp³-hybridized carbons (Fsp3) is 0.500. The van der Waals surface area contributed by atoms with Crippen molar-refractivity contribution >= 4 is 33.4 Å². The van der Waals surface area contributed by atoms with Crippen molar-refractivity contribution in [2.75, 3.05) is 35.8 Å². The molecule has 0 spiro atoms. The van der Waals surface area contributed by atoms with Crippen LogP contribution in [0.25, 0.3) is 0 Å². The monoisotopic (exact) mass is 587 g/mol. The number of anilines is 2. The van der Waals surface area contributed by atoms with E-state index in [2.05, 4.69) is 34.2 Å². The lowest BCUT2D eigenvalue weighted by Crippen LogP contribution is -2.45. The van der Waals surface area contributed by atoms with E-state index in [-0.39, 0.29) is 22.5 Å². The van der Waals surface area contributed by atoms with Gasteiger partial charge in [0.2, 0.25) is 0 Å². The number of piperazine rings is 1. The van der Waals surface area contributed by atoms with Crippen LogP contribution >= 0.6 is 0 Å². The Kier molecular flexibility index (Phi) is 11.7. The predicted octanol–water partition coefficient (Wildman–Crippen LogP) is 3.65. The number of carbonyl (C=O) groups excluding carboxylic acids is 1. The lowest BCUT2D eigenvalue weighted by Gasteiger charge is -2.30. The molecular formula is C26H36F3N5O5S. The summed E-state index contributed by atoms with van der Waals surface area (Å²) in [6.07, 6.45) is -1.93. The van der Waals surface area contributed by atoms with Gasteiger partial charge in [-0.05, 0) is 49.4 Å². The van der Waals surface area contributed by atoms with E-state index in [0.717, 1.165) is 44.6 Å². The fourth-order valence-electron chi connectivity index (χ4n) is 3.70. The minimum atomic E-state index is -5.08. The van der Waals surface area contributed by atoms with Crippen molar-refractivity contribution in [1.82, 2.24) is 15.6 Å². The maximum absolute atomic E-state index is 13.0. The Labute approximate surface area is 232 Å².